The van der Waals surface area contributed by atoms with E-state index in [1.54, 1.807) is 11.3 Å². The molecule has 0 aliphatic rings. The van der Waals surface area contributed by atoms with E-state index in [4.69, 9.17) is 16.0 Å². The quantitative estimate of drug-likeness (QED) is 0.672. The van der Waals surface area contributed by atoms with Gasteiger partial charge >= 0.3 is 0 Å². The van der Waals surface area contributed by atoms with E-state index in [0.717, 1.165) is 16.7 Å². The smallest absolute Gasteiger partial charge is 0.238 e. The van der Waals surface area contributed by atoms with Crippen molar-refractivity contribution in [2.24, 2.45) is 0 Å². The zero-order valence-corrected chi connectivity index (χ0v) is 10.3. The Labute approximate surface area is 107 Å². The van der Waals surface area contributed by atoms with Gasteiger partial charge in [0.1, 0.15) is 10.5 Å². The van der Waals surface area contributed by atoms with Gasteiger partial charge in [-0.25, -0.2) is 4.98 Å². The summed E-state index contributed by atoms with van der Waals surface area (Å²) in [4.78, 5) is 4.33. The van der Waals surface area contributed by atoms with Crippen molar-refractivity contribution < 1.29 is 4.42 Å². The van der Waals surface area contributed by atoms with Crippen LogP contribution in [0, 0.1) is 0 Å². The van der Waals surface area contributed by atoms with Gasteiger partial charge in [0.2, 0.25) is 5.89 Å². The maximum Gasteiger partial charge on any atom is 0.238 e. The summed E-state index contributed by atoms with van der Waals surface area (Å²) in [5.74, 6) is 0.457. The number of aromatic nitrogens is 1. The SMILES string of the molecule is Cl/C(=C\c1ccsc1)c1nc2ccccc2o1. The Hall–Kier alpha value is -1.58. The monoisotopic (exact) mass is 261 g/mol. The van der Waals surface area contributed by atoms with E-state index in [0.29, 0.717) is 10.9 Å². The fourth-order valence-corrected chi connectivity index (χ4v) is 2.36. The summed E-state index contributed by atoms with van der Waals surface area (Å²) in [6.07, 6.45) is 1.85. The Morgan fingerprint density at radius 3 is 2.94 bits per heavy atom. The summed E-state index contributed by atoms with van der Waals surface area (Å²) in [5.41, 5.74) is 2.63. The van der Waals surface area contributed by atoms with Crippen molar-refractivity contribution in [3.05, 3.63) is 52.5 Å². The van der Waals surface area contributed by atoms with Gasteiger partial charge in [0.05, 0.1) is 0 Å². The number of halogens is 1. The maximum atomic E-state index is 6.18. The average molecular weight is 262 g/mol. The van der Waals surface area contributed by atoms with Crippen molar-refractivity contribution in [3.63, 3.8) is 0 Å². The summed E-state index contributed by atoms with van der Waals surface area (Å²) >= 11 is 7.81. The second-order valence-electron chi connectivity index (χ2n) is 3.54. The average Bonchev–Trinajstić information content (AvgIpc) is 2.96. The molecule has 1 aromatic carbocycles. The molecule has 0 bridgehead atoms. The third kappa shape index (κ3) is 2.12. The Kier molecular flexibility index (Phi) is 2.71. The molecule has 2 aromatic heterocycles. The summed E-state index contributed by atoms with van der Waals surface area (Å²) in [5, 5.41) is 4.53. The first-order valence-corrected chi connectivity index (χ1v) is 6.40. The highest BCUT2D eigenvalue weighted by molar-refractivity contribution is 7.08. The molecule has 0 aliphatic carbocycles. The molecule has 0 atom stereocenters. The van der Waals surface area contributed by atoms with E-state index >= 15 is 0 Å². The van der Waals surface area contributed by atoms with E-state index < -0.39 is 0 Å². The third-order valence-electron chi connectivity index (χ3n) is 2.33. The van der Waals surface area contributed by atoms with E-state index in [9.17, 15) is 0 Å². The standard InChI is InChI=1S/C13H8ClNOS/c14-10(7-9-5-6-17-8-9)13-15-11-3-1-2-4-12(11)16-13/h1-8H/b10-7-. The van der Waals surface area contributed by atoms with Crippen LogP contribution < -0.4 is 0 Å². The Balaban J connectivity index is 2.03. The first kappa shape index (κ1) is 10.6. The minimum absolute atomic E-state index is 0.457. The van der Waals surface area contributed by atoms with Crippen LogP contribution in [0.15, 0.2) is 45.5 Å². The molecule has 17 heavy (non-hydrogen) atoms. The lowest BCUT2D eigenvalue weighted by molar-refractivity contribution is 0.588. The molecule has 0 aliphatic heterocycles. The summed E-state index contributed by atoms with van der Waals surface area (Å²) in [6.45, 7) is 0. The highest BCUT2D eigenvalue weighted by atomic mass is 35.5. The predicted octanol–water partition coefficient (Wildman–Crippen LogP) is 4.63. The van der Waals surface area contributed by atoms with Crippen molar-refractivity contribution in [3.8, 4) is 0 Å². The molecule has 2 nitrogen and oxygen atoms in total. The molecule has 3 rings (SSSR count). The normalized spacial score (nSPS) is 12.2. The van der Waals surface area contributed by atoms with Crippen LogP contribution in [0.3, 0.4) is 0 Å². The fourth-order valence-electron chi connectivity index (χ4n) is 1.54. The van der Waals surface area contributed by atoms with Crippen molar-refractivity contribution in [2.45, 2.75) is 0 Å². The highest BCUT2D eigenvalue weighted by Gasteiger charge is 2.08. The second kappa shape index (κ2) is 4.35. The van der Waals surface area contributed by atoms with Gasteiger partial charge in [0.15, 0.2) is 5.58 Å². The van der Waals surface area contributed by atoms with Gasteiger partial charge in [0, 0.05) is 0 Å². The fraction of sp³-hybridized carbons (Fsp3) is 0. The molecule has 0 amide bonds. The van der Waals surface area contributed by atoms with Crippen LogP contribution in [0.25, 0.3) is 22.2 Å². The van der Waals surface area contributed by atoms with Gasteiger partial charge in [-0.1, -0.05) is 23.7 Å². The molecule has 0 N–H and O–H groups in total. The largest absolute Gasteiger partial charge is 0.435 e. The number of para-hydroxylation sites is 2. The van der Waals surface area contributed by atoms with Gasteiger partial charge in [-0.2, -0.15) is 11.3 Å². The molecule has 4 heteroatoms. The number of fused-ring (bicyclic) bond motifs is 1. The maximum absolute atomic E-state index is 6.18. The molecular formula is C13H8ClNOS. The minimum atomic E-state index is 0.457. The summed E-state index contributed by atoms with van der Waals surface area (Å²) in [7, 11) is 0. The number of oxazole rings is 1. The van der Waals surface area contributed by atoms with Crippen LogP contribution in [-0.4, -0.2) is 4.98 Å². The van der Waals surface area contributed by atoms with Crippen molar-refractivity contribution in [1.29, 1.82) is 0 Å². The molecule has 0 saturated heterocycles. The zero-order chi connectivity index (χ0) is 11.7. The molecular weight excluding hydrogens is 254 g/mol. The zero-order valence-electron chi connectivity index (χ0n) is 8.76. The second-order valence-corrected chi connectivity index (χ2v) is 4.72. The Morgan fingerprint density at radius 1 is 1.29 bits per heavy atom. The molecule has 0 saturated carbocycles. The highest BCUT2D eigenvalue weighted by Crippen LogP contribution is 2.25. The van der Waals surface area contributed by atoms with Gasteiger partial charge in [-0.05, 0) is 40.6 Å². The van der Waals surface area contributed by atoms with Crippen LogP contribution in [-0.2, 0) is 0 Å². The topological polar surface area (TPSA) is 26.0 Å². The first-order valence-electron chi connectivity index (χ1n) is 5.08. The molecule has 3 aromatic rings. The number of thiophene rings is 1. The molecule has 0 unspecified atom stereocenters. The molecule has 0 spiro atoms. The lowest BCUT2D eigenvalue weighted by atomic mass is 10.3. The lowest BCUT2D eigenvalue weighted by Gasteiger charge is -1.90. The van der Waals surface area contributed by atoms with Crippen LogP contribution in [0.5, 0.6) is 0 Å². The van der Waals surface area contributed by atoms with Gasteiger partial charge < -0.3 is 4.42 Å². The van der Waals surface area contributed by atoms with Crippen LogP contribution in [0.1, 0.15) is 11.5 Å². The number of benzene rings is 1. The van der Waals surface area contributed by atoms with Gasteiger partial charge in [0.25, 0.3) is 0 Å². The lowest BCUT2D eigenvalue weighted by Crippen LogP contribution is -1.75. The van der Waals surface area contributed by atoms with E-state index in [1.807, 2.05) is 47.2 Å². The number of rotatable bonds is 2. The summed E-state index contributed by atoms with van der Waals surface area (Å²) in [6, 6.07) is 9.60. The number of hydrogen-bond donors (Lipinski definition) is 0. The Morgan fingerprint density at radius 2 is 2.18 bits per heavy atom. The van der Waals surface area contributed by atoms with Crippen LogP contribution in [0.2, 0.25) is 0 Å². The van der Waals surface area contributed by atoms with E-state index in [1.165, 1.54) is 0 Å². The molecule has 84 valence electrons. The summed E-state index contributed by atoms with van der Waals surface area (Å²) < 4.78 is 5.57. The predicted molar refractivity (Wildman–Crippen MR) is 72.1 cm³/mol. The third-order valence-corrected chi connectivity index (χ3v) is 3.31. The number of hydrogen-bond acceptors (Lipinski definition) is 3. The van der Waals surface area contributed by atoms with Crippen LogP contribution in [0.4, 0.5) is 0 Å². The first-order chi connectivity index (χ1) is 8.33. The molecule has 0 radical (unpaired) electrons. The van der Waals surface area contributed by atoms with E-state index in [-0.39, 0.29) is 0 Å². The van der Waals surface area contributed by atoms with Gasteiger partial charge in [-0.15, -0.1) is 0 Å². The van der Waals surface area contributed by atoms with Crippen molar-refractivity contribution >= 4 is 45.1 Å². The number of nitrogens with zero attached hydrogens (tertiary/aromatic N) is 1. The van der Waals surface area contributed by atoms with Crippen LogP contribution >= 0.6 is 22.9 Å². The molecule has 0 fully saturated rings. The van der Waals surface area contributed by atoms with Gasteiger partial charge in [-0.3, -0.25) is 0 Å². The minimum Gasteiger partial charge on any atom is -0.435 e. The van der Waals surface area contributed by atoms with Crippen molar-refractivity contribution in [1.82, 2.24) is 4.98 Å². The Bertz CT molecular complexity index is 637. The van der Waals surface area contributed by atoms with Crippen molar-refractivity contribution in [2.75, 3.05) is 0 Å². The molecule has 2 heterocycles. The van der Waals surface area contributed by atoms with E-state index in [2.05, 4.69) is 4.98 Å².